The Morgan fingerprint density at radius 3 is 2.54 bits per heavy atom. The van der Waals surface area contributed by atoms with Crippen molar-refractivity contribution < 1.29 is 14.7 Å². The molecule has 2 rings (SSSR count). The summed E-state index contributed by atoms with van der Waals surface area (Å²) >= 11 is 0. The Kier molecular flexibility index (Phi) is 7.24. The molecule has 0 spiro atoms. The second kappa shape index (κ2) is 8.49. The molecular formula is C18H27ClN2O3. The van der Waals surface area contributed by atoms with Gasteiger partial charge < -0.3 is 10.4 Å². The van der Waals surface area contributed by atoms with Crippen LogP contribution in [0.2, 0.25) is 0 Å². The first-order valence-corrected chi connectivity index (χ1v) is 8.15. The van der Waals surface area contributed by atoms with E-state index in [1.54, 1.807) is 4.90 Å². The summed E-state index contributed by atoms with van der Waals surface area (Å²) in [4.78, 5) is 25.5. The maximum absolute atomic E-state index is 12.4. The van der Waals surface area contributed by atoms with Gasteiger partial charge in [-0.15, -0.1) is 12.4 Å². The molecule has 0 aliphatic carbocycles. The van der Waals surface area contributed by atoms with Crippen molar-refractivity contribution in [1.29, 1.82) is 0 Å². The molecule has 1 amide bonds. The number of nitrogens with one attached hydrogen (secondary N) is 1. The first-order chi connectivity index (χ1) is 10.8. The van der Waals surface area contributed by atoms with Crippen LogP contribution in [-0.2, 0) is 15.0 Å². The van der Waals surface area contributed by atoms with Gasteiger partial charge in [-0.1, -0.05) is 45.4 Å². The number of rotatable bonds is 4. The van der Waals surface area contributed by atoms with E-state index in [1.165, 1.54) is 0 Å². The standard InChI is InChI=1S/C18H26N2O3.ClH/c1-18(2,3)13-8-4-5-9-14(13)19-16(21)12-20-11-7-6-10-15(20)17(22)23;/h4-5,8-9,15H,6-7,10-12H2,1-3H3,(H,19,21)(H,22,23);1H. The number of carboxylic acids is 1. The van der Waals surface area contributed by atoms with Gasteiger partial charge in [-0.05, 0) is 36.4 Å². The largest absolute Gasteiger partial charge is 0.480 e. The lowest BCUT2D eigenvalue weighted by Crippen LogP contribution is -2.47. The fourth-order valence-corrected chi connectivity index (χ4v) is 3.08. The minimum atomic E-state index is -0.840. The number of piperidine rings is 1. The van der Waals surface area contributed by atoms with Crippen molar-refractivity contribution in [3.63, 3.8) is 0 Å². The van der Waals surface area contributed by atoms with Gasteiger partial charge in [-0.2, -0.15) is 0 Å². The molecule has 6 heteroatoms. The Morgan fingerprint density at radius 2 is 1.92 bits per heavy atom. The molecule has 134 valence electrons. The van der Waals surface area contributed by atoms with E-state index in [2.05, 4.69) is 26.1 Å². The molecule has 1 fully saturated rings. The second-order valence-corrected chi connectivity index (χ2v) is 7.16. The molecule has 2 N–H and O–H groups in total. The number of carboxylic acid groups (broad SMARTS) is 1. The summed E-state index contributed by atoms with van der Waals surface area (Å²) in [7, 11) is 0. The number of likely N-dealkylation sites (tertiary alicyclic amines) is 1. The zero-order valence-corrected chi connectivity index (χ0v) is 15.4. The molecule has 1 heterocycles. The van der Waals surface area contributed by atoms with Crippen LogP contribution in [0.4, 0.5) is 5.69 Å². The molecule has 0 saturated carbocycles. The maximum Gasteiger partial charge on any atom is 0.320 e. The van der Waals surface area contributed by atoms with Crippen molar-refractivity contribution in [2.45, 2.75) is 51.5 Å². The van der Waals surface area contributed by atoms with E-state index in [-0.39, 0.29) is 30.3 Å². The molecule has 1 aromatic carbocycles. The normalized spacial score (nSPS) is 18.5. The van der Waals surface area contributed by atoms with Gasteiger partial charge in [-0.25, -0.2) is 0 Å². The van der Waals surface area contributed by atoms with Crippen LogP contribution in [0.3, 0.4) is 0 Å². The van der Waals surface area contributed by atoms with E-state index in [9.17, 15) is 14.7 Å². The number of hydrogen-bond acceptors (Lipinski definition) is 3. The molecule has 1 atom stereocenters. The van der Waals surface area contributed by atoms with Gasteiger partial charge >= 0.3 is 5.97 Å². The number of halogens is 1. The minimum Gasteiger partial charge on any atom is -0.480 e. The van der Waals surface area contributed by atoms with E-state index < -0.39 is 12.0 Å². The molecule has 24 heavy (non-hydrogen) atoms. The third-order valence-electron chi connectivity index (χ3n) is 4.25. The number of aliphatic carboxylic acids is 1. The topological polar surface area (TPSA) is 69.6 Å². The number of carbonyl (C=O) groups excluding carboxylic acids is 1. The van der Waals surface area contributed by atoms with Gasteiger partial charge in [0.15, 0.2) is 0 Å². The molecule has 0 bridgehead atoms. The fraction of sp³-hybridized carbons (Fsp3) is 0.556. The first kappa shape index (κ1) is 20.5. The summed E-state index contributed by atoms with van der Waals surface area (Å²) < 4.78 is 0. The number of benzene rings is 1. The van der Waals surface area contributed by atoms with Crippen LogP contribution in [0.15, 0.2) is 24.3 Å². The van der Waals surface area contributed by atoms with Crippen LogP contribution in [0, 0.1) is 0 Å². The monoisotopic (exact) mass is 354 g/mol. The second-order valence-electron chi connectivity index (χ2n) is 7.16. The average molecular weight is 355 g/mol. The van der Waals surface area contributed by atoms with Crippen molar-refractivity contribution in [3.05, 3.63) is 29.8 Å². The Morgan fingerprint density at radius 1 is 1.25 bits per heavy atom. The van der Waals surface area contributed by atoms with E-state index in [1.807, 2.05) is 24.3 Å². The highest BCUT2D eigenvalue weighted by Gasteiger charge is 2.30. The van der Waals surface area contributed by atoms with E-state index in [0.717, 1.165) is 24.1 Å². The number of nitrogens with zero attached hydrogens (tertiary/aromatic N) is 1. The van der Waals surface area contributed by atoms with Gasteiger partial charge in [0, 0.05) is 5.69 Å². The summed E-state index contributed by atoms with van der Waals surface area (Å²) in [6.45, 7) is 7.08. The van der Waals surface area contributed by atoms with E-state index in [4.69, 9.17) is 0 Å². The predicted molar refractivity (Wildman–Crippen MR) is 97.9 cm³/mol. The molecule has 0 aromatic heterocycles. The summed E-state index contributed by atoms with van der Waals surface area (Å²) in [6, 6.07) is 7.21. The molecule has 1 aromatic rings. The van der Waals surface area contributed by atoms with Crippen LogP contribution in [0.5, 0.6) is 0 Å². The van der Waals surface area contributed by atoms with Crippen molar-refractivity contribution in [2.75, 3.05) is 18.4 Å². The molecule has 5 nitrogen and oxygen atoms in total. The van der Waals surface area contributed by atoms with Crippen LogP contribution in [0.1, 0.15) is 45.6 Å². The Labute approximate surface area is 149 Å². The third-order valence-corrected chi connectivity index (χ3v) is 4.25. The molecule has 0 radical (unpaired) electrons. The maximum atomic E-state index is 12.4. The van der Waals surface area contributed by atoms with Crippen molar-refractivity contribution in [3.8, 4) is 0 Å². The first-order valence-electron chi connectivity index (χ1n) is 8.15. The van der Waals surface area contributed by atoms with Gasteiger partial charge in [-0.3, -0.25) is 14.5 Å². The van der Waals surface area contributed by atoms with Gasteiger partial charge in [0.1, 0.15) is 6.04 Å². The van der Waals surface area contributed by atoms with Crippen LogP contribution < -0.4 is 5.32 Å². The van der Waals surface area contributed by atoms with Crippen LogP contribution in [-0.4, -0.2) is 41.0 Å². The van der Waals surface area contributed by atoms with Crippen LogP contribution in [0.25, 0.3) is 0 Å². The molecule has 1 unspecified atom stereocenters. The van der Waals surface area contributed by atoms with Gasteiger partial charge in [0.05, 0.1) is 6.54 Å². The quantitative estimate of drug-likeness (QED) is 0.870. The zero-order chi connectivity index (χ0) is 17.0. The lowest BCUT2D eigenvalue weighted by atomic mass is 9.86. The molecule has 1 aliphatic rings. The smallest absolute Gasteiger partial charge is 0.320 e. The highest BCUT2D eigenvalue weighted by atomic mass is 35.5. The van der Waals surface area contributed by atoms with Crippen molar-refractivity contribution >= 4 is 30.0 Å². The fourth-order valence-electron chi connectivity index (χ4n) is 3.08. The van der Waals surface area contributed by atoms with E-state index in [0.29, 0.717) is 13.0 Å². The Balaban J connectivity index is 0.00000288. The number of anilines is 1. The predicted octanol–water partition coefficient (Wildman–Crippen LogP) is 3.28. The van der Waals surface area contributed by atoms with E-state index >= 15 is 0 Å². The summed E-state index contributed by atoms with van der Waals surface area (Å²) in [5.41, 5.74) is 1.80. The lowest BCUT2D eigenvalue weighted by molar-refractivity contribution is -0.145. The highest BCUT2D eigenvalue weighted by molar-refractivity contribution is 5.93. The van der Waals surface area contributed by atoms with Gasteiger partial charge in [0.25, 0.3) is 0 Å². The van der Waals surface area contributed by atoms with Crippen LogP contribution >= 0.6 is 12.4 Å². The van der Waals surface area contributed by atoms with Crippen molar-refractivity contribution in [1.82, 2.24) is 4.90 Å². The summed E-state index contributed by atoms with van der Waals surface area (Å²) in [5.74, 6) is -0.998. The Bertz CT molecular complexity index is 584. The summed E-state index contributed by atoms with van der Waals surface area (Å²) in [5, 5.41) is 12.2. The summed E-state index contributed by atoms with van der Waals surface area (Å²) in [6.07, 6.45) is 2.46. The highest BCUT2D eigenvalue weighted by Crippen LogP contribution is 2.29. The number of amides is 1. The zero-order valence-electron chi connectivity index (χ0n) is 14.5. The third kappa shape index (κ3) is 5.21. The molecule has 1 aliphatic heterocycles. The number of para-hydroxylation sites is 1. The van der Waals surface area contributed by atoms with Crippen molar-refractivity contribution in [2.24, 2.45) is 0 Å². The number of carbonyl (C=O) groups is 2. The Hall–Kier alpha value is -1.59. The lowest BCUT2D eigenvalue weighted by Gasteiger charge is -2.32. The minimum absolute atomic E-state index is 0. The SMILES string of the molecule is CC(C)(C)c1ccccc1NC(=O)CN1CCCCC1C(=O)O.Cl. The molecular weight excluding hydrogens is 328 g/mol. The average Bonchev–Trinajstić information content (AvgIpc) is 2.47. The molecule has 1 saturated heterocycles. The van der Waals surface area contributed by atoms with Gasteiger partial charge in [0.2, 0.25) is 5.91 Å². The number of hydrogen-bond donors (Lipinski definition) is 2.